The number of aryl methyl sites for hydroxylation is 1. The molecule has 1 amide bonds. The monoisotopic (exact) mass is 347 g/mol. The van der Waals surface area contributed by atoms with Crippen molar-refractivity contribution in [3.63, 3.8) is 0 Å². The topological polar surface area (TPSA) is 63.2 Å². The number of methoxy groups -OCH3 is 1. The molecule has 5 nitrogen and oxygen atoms in total. The molecule has 0 saturated heterocycles. The highest BCUT2D eigenvalue weighted by atomic mass is 16.5. The summed E-state index contributed by atoms with van der Waals surface area (Å²) < 4.78 is 5.33. The number of pyridine rings is 1. The maximum Gasteiger partial charge on any atom is 0.257 e. The van der Waals surface area contributed by atoms with Crippen LogP contribution >= 0.6 is 0 Å². The predicted octanol–water partition coefficient (Wildman–Crippen LogP) is 4.65. The van der Waals surface area contributed by atoms with E-state index in [1.807, 2.05) is 48.5 Å². The molecule has 0 aliphatic heterocycles. The molecule has 26 heavy (non-hydrogen) atoms. The zero-order chi connectivity index (χ0) is 18.4. The molecule has 3 aromatic rings. The first-order valence-corrected chi connectivity index (χ1v) is 8.45. The fourth-order valence-electron chi connectivity index (χ4n) is 2.56. The van der Waals surface area contributed by atoms with Crippen LogP contribution < -0.4 is 15.4 Å². The van der Waals surface area contributed by atoms with Gasteiger partial charge in [-0.15, -0.1) is 0 Å². The molecule has 5 heteroatoms. The molecule has 0 bridgehead atoms. The Morgan fingerprint density at radius 1 is 1.04 bits per heavy atom. The lowest BCUT2D eigenvalue weighted by Crippen LogP contribution is -2.12. The van der Waals surface area contributed by atoms with Crippen molar-refractivity contribution < 1.29 is 9.53 Å². The van der Waals surface area contributed by atoms with Gasteiger partial charge in [0.2, 0.25) is 0 Å². The predicted molar refractivity (Wildman–Crippen MR) is 104 cm³/mol. The first kappa shape index (κ1) is 17.5. The van der Waals surface area contributed by atoms with Crippen molar-refractivity contribution in [3.05, 3.63) is 78.1 Å². The molecular formula is C21H21N3O2. The van der Waals surface area contributed by atoms with Gasteiger partial charge in [0, 0.05) is 11.9 Å². The van der Waals surface area contributed by atoms with Gasteiger partial charge in [-0.2, -0.15) is 0 Å². The van der Waals surface area contributed by atoms with E-state index < -0.39 is 0 Å². The average molecular weight is 347 g/mol. The van der Waals surface area contributed by atoms with Crippen molar-refractivity contribution in [3.8, 4) is 5.75 Å². The largest absolute Gasteiger partial charge is 0.495 e. The molecule has 0 aliphatic carbocycles. The van der Waals surface area contributed by atoms with Crippen LogP contribution in [0.2, 0.25) is 0 Å². The summed E-state index contributed by atoms with van der Waals surface area (Å²) in [5, 5.41) is 6.12. The average Bonchev–Trinajstić information content (AvgIpc) is 2.69. The van der Waals surface area contributed by atoms with Crippen LogP contribution in [0.3, 0.4) is 0 Å². The smallest absolute Gasteiger partial charge is 0.257 e. The van der Waals surface area contributed by atoms with Gasteiger partial charge < -0.3 is 15.4 Å². The van der Waals surface area contributed by atoms with Crippen LogP contribution in [0.4, 0.5) is 17.1 Å². The van der Waals surface area contributed by atoms with Crippen molar-refractivity contribution in [1.29, 1.82) is 0 Å². The molecule has 2 aromatic carbocycles. The number of ether oxygens (including phenoxy) is 1. The van der Waals surface area contributed by atoms with Crippen molar-refractivity contribution >= 4 is 23.0 Å². The summed E-state index contributed by atoms with van der Waals surface area (Å²) in [6, 6.07) is 17.2. The third kappa shape index (κ3) is 4.19. The van der Waals surface area contributed by atoms with E-state index >= 15 is 0 Å². The molecule has 0 atom stereocenters. The molecule has 3 rings (SSSR count). The van der Waals surface area contributed by atoms with Gasteiger partial charge in [-0.1, -0.05) is 31.2 Å². The number of anilines is 3. The molecular weight excluding hydrogens is 326 g/mol. The number of nitrogens with zero attached hydrogens (tertiary/aromatic N) is 1. The van der Waals surface area contributed by atoms with Crippen molar-refractivity contribution in [2.75, 3.05) is 17.7 Å². The van der Waals surface area contributed by atoms with Crippen LogP contribution in [0.15, 0.2) is 67.0 Å². The zero-order valence-corrected chi connectivity index (χ0v) is 14.8. The number of hydrogen-bond donors (Lipinski definition) is 2. The number of para-hydroxylation sites is 2. The molecule has 0 aliphatic rings. The SMILES string of the molecule is CCc1ccc(NC(=O)c2cncc(Nc3ccccc3OC)c2)cc1. The fourth-order valence-corrected chi connectivity index (χ4v) is 2.56. The maximum absolute atomic E-state index is 12.5. The number of aromatic nitrogens is 1. The second-order valence-corrected chi connectivity index (χ2v) is 5.79. The van der Waals surface area contributed by atoms with Gasteiger partial charge in [-0.25, -0.2) is 0 Å². The van der Waals surface area contributed by atoms with Crippen LogP contribution in [0.25, 0.3) is 0 Å². The summed E-state index contributed by atoms with van der Waals surface area (Å²) in [4.78, 5) is 16.7. The lowest BCUT2D eigenvalue weighted by atomic mass is 10.1. The molecule has 0 unspecified atom stereocenters. The molecule has 1 aromatic heterocycles. The minimum atomic E-state index is -0.203. The number of hydrogen-bond acceptors (Lipinski definition) is 4. The number of rotatable bonds is 6. The normalized spacial score (nSPS) is 10.2. The van der Waals surface area contributed by atoms with Gasteiger partial charge in [0.25, 0.3) is 5.91 Å². The van der Waals surface area contributed by atoms with Crippen LogP contribution in [0.1, 0.15) is 22.8 Å². The summed E-state index contributed by atoms with van der Waals surface area (Å²) in [5.74, 6) is 0.517. The van der Waals surface area contributed by atoms with Gasteiger partial charge in [-0.3, -0.25) is 9.78 Å². The standard InChI is InChI=1S/C21H21N3O2/c1-3-15-8-10-17(11-9-15)24-21(25)16-12-18(14-22-13-16)23-19-6-4-5-7-20(19)26-2/h4-14,23H,3H2,1-2H3,(H,24,25). The summed E-state index contributed by atoms with van der Waals surface area (Å²) in [7, 11) is 1.62. The van der Waals surface area contributed by atoms with E-state index in [2.05, 4.69) is 22.5 Å². The Morgan fingerprint density at radius 3 is 2.54 bits per heavy atom. The van der Waals surface area contributed by atoms with Crippen LogP contribution in [-0.4, -0.2) is 18.0 Å². The van der Waals surface area contributed by atoms with E-state index in [0.29, 0.717) is 11.3 Å². The number of benzene rings is 2. The van der Waals surface area contributed by atoms with Gasteiger partial charge in [-0.05, 0) is 42.3 Å². The Balaban J connectivity index is 1.74. The highest BCUT2D eigenvalue weighted by Crippen LogP contribution is 2.27. The second-order valence-electron chi connectivity index (χ2n) is 5.79. The van der Waals surface area contributed by atoms with Crippen LogP contribution in [0, 0.1) is 0 Å². The molecule has 0 radical (unpaired) electrons. The highest BCUT2D eigenvalue weighted by molar-refractivity contribution is 6.04. The third-order valence-corrected chi connectivity index (χ3v) is 4.01. The molecule has 0 fully saturated rings. The number of carbonyl (C=O) groups excluding carboxylic acids is 1. The number of nitrogens with one attached hydrogen (secondary N) is 2. The summed E-state index contributed by atoms with van der Waals surface area (Å²) in [6.45, 7) is 2.10. The summed E-state index contributed by atoms with van der Waals surface area (Å²) in [5.41, 5.74) is 3.99. The fraction of sp³-hybridized carbons (Fsp3) is 0.143. The second kappa shape index (κ2) is 8.16. The minimum absolute atomic E-state index is 0.203. The zero-order valence-electron chi connectivity index (χ0n) is 14.8. The quantitative estimate of drug-likeness (QED) is 0.681. The number of carbonyl (C=O) groups is 1. The maximum atomic E-state index is 12.5. The van der Waals surface area contributed by atoms with Crippen molar-refractivity contribution in [2.45, 2.75) is 13.3 Å². The van der Waals surface area contributed by atoms with Gasteiger partial charge in [0.05, 0.1) is 30.2 Å². The summed E-state index contributed by atoms with van der Waals surface area (Å²) in [6.07, 6.45) is 4.18. The molecule has 132 valence electrons. The Bertz CT molecular complexity index is 892. The minimum Gasteiger partial charge on any atom is -0.495 e. The third-order valence-electron chi connectivity index (χ3n) is 4.01. The lowest BCUT2D eigenvalue weighted by molar-refractivity contribution is 0.102. The van der Waals surface area contributed by atoms with E-state index in [9.17, 15) is 4.79 Å². The van der Waals surface area contributed by atoms with E-state index in [1.54, 1.807) is 25.6 Å². The molecule has 0 spiro atoms. The molecule has 1 heterocycles. The Hall–Kier alpha value is -3.34. The highest BCUT2D eigenvalue weighted by Gasteiger charge is 2.09. The van der Waals surface area contributed by atoms with E-state index in [4.69, 9.17) is 4.74 Å². The summed E-state index contributed by atoms with van der Waals surface area (Å²) >= 11 is 0. The lowest BCUT2D eigenvalue weighted by Gasteiger charge is -2.11. The number of amides is 1. The van der Waals surface area contributed by atoms with Crippen LogP contribution in [-0.2, 0) is 6.42 Å². The molecule has 0 saturated carbocycles. The first-order chi connectivity index (χ1) is 12.7. The van der Waals surface area contributed by atoms with Crippen molar-refractivity contribution in [2.24, 2.45) is 0 Å². The Morgan fingerprint density at radius 2 is 1.81 bits per heavy atom. The van der Waals surface area contributed by atoms with E-state index in [1.165, 1.54) is 5.56 Å². The van der Waals surface area contributed by atoms with E-state index in [0.717, 1.165) is 23.5 Å². The first-order valence-electron chi connectivity index (χ1n) is 8.45. The van der Waals surface area contributed by atoms with Crippen LogP contribution in [0.5, 0.6) is 5.75 Å². The van der Waals surface area contributed by atoms with Gasteiger partial charge in [0.1, 0.15) is 5.75 Å². The van der Waals surface area contributed by atoms with Gasteiger partial charge in [0.15, 0.2) is 0 Å². The Labute approximate surface area is 153 Å². The van der Waals surface area contributed by atoms with Gasteiger partial charge >= 0.3 is 0 Å². The van der Waals surface area contributed by atoms with Crippen molar-refractivity contribution in [1.82, 2.24) is 4.98 Å². The molecule has 2 N–H and O–H groups in total. The Kier molecular flexibility index (Phi) is 5.49. The van der Waals surface area contributed by atoms with E-state index in [-0.39, 0.29) is 5.91 Å².